The van der Waals surface area contributed by atoms with Crippen molar-refractivity contribution >= 4 is 69.0 Å². The number of nitrogen functional groups attached to an aromatic ring is 1. The Hall–Kier alpha value is -3.50. The molecule has 2 aliphatic rings. The van der Waals surface area contributed by atoms with Crippen LogP contribution in [0.3, 0.4) is 0 Å². The zero-order chi connectivity index (χ0) is 27.6. The van der Waals surface area contributed by atoms with Crippen LogP contribution >= 0.6 is 34.4 Å². The Morgan fingerprint density at radius 2 is 2.13 bits per heavy atom. The number of hydrogen-bond donors (Lipinski definition) is 3. The molecule has 4 rings (SSSR count). The van der Waals surface area contributed by atoms with Gasteiger partial charge in [-0.1, -0.05) is 16.5 Å². The minimum atomic E-state index is -1.22. The number of nitrogens with two attached hydrogens (primary N) is 1. The number of thioether (sulfide) groups is 1. The second kappa shape index (κ2) is 11.5. The van der Waals surface area contributed by atoms with Crippen LogP contribution in [0.4, 0.5) is 5.13 Å². The average molecular weight is 582 g/mol. The number of fused-ring (bicyclic) bond motifs is 1. The average Bonchev–Trinajstić information content (AvgIpc) is 3.45. The highest BCUT2D eigenvalue weighted by Crippen LogP contribution is 2.40. The first-order chi connectivity index (χ1) is 18.1. The standard InChI is InChI=1S/C22H24N6O7S3/c1-10-14(4-5-35-11(2)29)38-9-27(10)6-12-7-36-20-16(19(31)28(20)17(12)21(32)33)25-18(30)15(26-34-3)13-8-37-22(23)24-13/h8-9,16,20H,4-7H2,1-3H3,(H3-,23,24,25,30,32,33)/p+1/b26-15-/t16-,20-/m1/s1. The van der Waals surface area contributed by atoms with Crippen molar-refractivity contribution in [1.82, 2.24) is 15.2 Å². The van der Waals surface area contributed by atoms with Gasteiger partial charge in [0.15, 0.2) is 23.1 Å². The van der Waals surface area contributed by atoms with E-state index in [1.807, 2.05) is 17.0 Å². The van der Waals surface area contributed by atoms with Crippen LogP contribution in [0.25, 0.3) is 0 Å². The quantitative estimate of drug-likeness (QED) is 0.116. The SMILES string of the molecule is CO/N=C(\C(=O)N[C@@H]1C(=O)N2C(C(=O)O)=C(C[n+]3csc(CCOC(C)=O)c3C)CS[C@H]12)c1csc(N)n1. The normalized spacial score (nSPS) is 19.1. The lowest BCUT2D eigenvalue weighted by Crippen LogP contribution is -2.71. The van der Waals surface area contributed by atoms with Crippen LogP contribution in [0.2, 0.25) is 0 Å². The number of carbonyl (C=O) groups is 4. The van der Waals surface area contributed by atoms with Gasteiger partial charge in [0.1, 0.15) is 29.9 Å². The van der Waals surface area contributed by atoms with Crippen LogP contribution < -0.4 is 15.6 Å². The lowest BCUT2D eigenvalue weighted by Gasteiger charge is -2.49. The molecule has 0 unspecified atom stereocenters. The Morgan fingerprint density at radius 1 is 1.37 bits per heavy atom. The minimum absolute atomic E-state index is 0.0816. The van der Waals surface area contributed by atoms with E-state index in [-0.39, 0.29) is 41.4 Å². The summed E-state index contributed by atoms with van der Waals surface area (Å²) >= 11 is 3.98. The number of ether oxygens (including phenoxy) is 1. The Balaban J connectivity index is 1.49. The van der Waals surface area contributed by atoms with Gasteiger partial charge < -0.3 is 25.7 Å². The highest BCUT2D eigenvalue weighted by molar-refractivity contribution is 8.00. The molecule has 0 spiro atoms. The molecule has 13 nitrogen and oxygen atoms in total. The molecule has 2 atom stereocenters. The van der Waals surface area contributed by atoms with Crippen molar-refractivity contribution in [2.24, 2.45) is 5.16 Å². The van der Waals surface area contributed by atoms with Crippen molar-refractivity contribution in [3.05, 3.63) is 38.4 Å². The van der Waals surface area contributed by atoms with E-state index in [0.29, 0.717) is 17.7 Å². The first-order valence-corrected chi connectivity index (χ1v) is 14.1. The summed E-state index contributed by atoms with van der Waals surface area (Å²) in [6.07, 6.45) is 0.554. The first-order valence-electron chi connectivity index (χ1n) is 11.3. The fourth-order valence-electron chi connectivity index (χ4n) is 4.05. The van der Waals surface area contributed by atoms with E-state index in [1.54, 1.807) is 5.38 Å². The molecule has 38 heavy (non-hydrogen) atoms. The number of nitrogens with one attached hydrogen (secondary N) is 1. The Kier molecular flexibility index (Phi) is 8.32. The van der Waals surface area contributed by atoms with E-state index in [0.717, 1.165) is 21.9 Å². The van der Waals surface area contributed by atoms with Crippen molar-refractivity contribution in [2.45, 2.75) is 38.2 Å². The maximum Gasteiger partial charge on any atom is 0.352 e. The lowest BCUT2D eigenvalue weighted by atomic mass is 10.0. The number of thiazole rings is 2. The third kappa shape index (κ3) is 5.51. The number of oxime groups is 1. The summed E-state index contributed by atoms with van der Waals surface area (Å²) in [7, 11) is 1.28. The number of aliphatic carboxylic acids is 1. The molecule has 0 radical (unpaired) electrons. The van der Waals surface area contributed by atoms with Crippen LogP contribution in [-0.4, -0.2) is 75.3 Å². The molecular weight excluding hydrogens is 556 g/mol. The van der Waals surface area contributed by atoms with E-state index >= 15 is 0 Å². The number of rotatable bonds is 10. The summed E-state index contributed by atoms with van der Waals surface area (Å²) in [5.74, 6) is -2.43. The van der Waals surface area contributed by atoms with Gasteiger partial charge in [-0.2, -0.15) is 4.57 Å². The topological polar surface area (TPSA) is 177 Å². The molecule has 16 heteroatoms. The summed E-state index contributed by atoms with van der Waals surface area (Å²) < 4.78 is 6.94. The number of carboxylic acids is 1. The molecule has 0 saturated carbocycles. The summed E-state index contributed by atoms with van der Waals surface area (Å²) in [6, 6.07) is -0.940. The maximum absolute atomic E-state index is 13.1. The summed E-state index contributed by atoms with van der Waals surface area (Å²) in [5.41, 5.74) is 9.02. The van der Waals surface area contributed by atoms with Gasteiger partial charge in [0.25, 0.3) is 11.8 Å². The molecule has 0 aromatic carbocycles. The largest absolute Gasteiger partial charge is 0.477 e. The number of hydrogen-bond acceptors (Lipinski definition) is 12. The monoisotopic (exact) mass is 581 g/mol. The van der Waals surface area contributed by atoms with E-state index < -0.39 is 29.2 Å². The van der Waals surface area contributed by atoms with Gasteiger partial charge in [-0.05, 0) is 0 Å². The number of amides is 2. The van der Waals surface area contributed by atoms with E-state index in [1.165, 1.54) is 42.0 Å². The van der Waals surface area contributed by atoms with Crippen molar-refractivity contribution in [1.29, 1.82) is 0 Å². The smallest absolute Gasteiger partial charge is 0.352 e. The summed E-state index contributed by atoms with van der Waals surface area (Å²) in [4.78, 5) is 60.3. The number of β-lactam (4-membered cyclic amide) rings is 1. The molecule has 2 amide bonds. The molecule has 202 valence electrons. The van der Waals surface area contributed by atoms with Crippen molar-refractivity contribution in [3.8, 4) is 0 Å². The van der Waals surface area contributed by atoms with Crippen LogP contribution in [0.1, 0.15) is 23.2 Å². The second-order valence-corrected chi connectivity index (χ2v) is 11.2. The fourth-order valence-corrected chi connectivity index (χ4v) is 6.91. The third-order valence-electron chi connectivity index (χ3n) is 5.85. The van der Waals surface area contributed by atoms with Gasteiger partial charge in [-0.25, -0.2) is 9.78 Å². The molecule has 1 fully saturated rings. The second-order valence-electron chi connectivity index (χ2n) is 8.26. The number of esters is 1. The number of carbonyl (C=O) groups excluding carboxylic acids is 3. The molecule has 1 saturated heterocycles. The lowest BCUT2D eigenvalue weighted by molar-refractivity contribution is -0.690. The number of aromatic nitrogens is 2. The Bertz CT molecular complexity index is 1350. The van der Waals surface area contributed by atoms with Gasteiger partial charge in [-0.3, -0.25) is 19.3 Å². The zero-order valence-electron chi connectivity index (χ0n) is 20.6. The van der Waals surface area contributed by atoms with Crippen LogP contribution in [0.15, 0.2) is 27.3 Å². The van der Waals surface area contributed by atoms with E-state index in [9.17, 15) is 24.3 Å². The van der Waals surface area contributed by atoms with Gasteiger partial charge in [-0.15, -0.1) is 23.1 Å². The molecule has 4 N–H and O–H groups in total. The maximum atomic E-state index is 13.1. The molecule has 0 aliphatic carbocycles. The first kappa shape index (κ1) is 27.5. The molecule has 4 heterocycles. The summed E-state index contributed by atoms with van der Waals surface area (Å²) in [5, 5.41) is 17.5. The molecule has 2 aromatic rings. The Morgan fingerprint density at radius 3 is 2.76 bits per heavy atom. The predicted molar refractivity (Wildman–Crippen MR) is 139 cm³/mol. The third-order valence-corrected chi connectivity index (χ3v) is 9.01. The number of nitrogens with zero attached hydrogens (tertiary/aromatic N) is 4. The number of carboxylic acid groups (broad SMARTS) is 1. The molecule has 0 bridgehead atoms. The van der Waals surface area contributed by atoms with Gasteiger partial charge in [0, 0.05) is 37.0 Å². The van der Waals surface area contributed by atoms with Gasteiger partial charge >= 0.3 is 11.9 Å². The summed E-state index contributed by atoms with van der Waals surface area (Å²) in [6.45, 7) is 3.81. The van der Waals surface area contributed by atoms with Crippen molar-refractivity contribution in [3.63, 3.8) is 0 Å². The van der Waals surface area contributed by atoms with E-state index in [2.05, 4.69) is 15.5 Å². The van der Waals surface area contributed by atoms with Gasteiger partial charge in [0.05, 0.1) is 11.5 Å². The van der Waals surface area contributed by atoms with Crippen molar-refractivity contribution < 1.29 is 38.4 Å². The fraction of sp³-hybridized carbons (Fsp3) is 0.409. The predicted octanol–water partition coefficient (Wildman–Crippen LogP) is 0.278. The van der Waals surface area contributed by atoms with Crippen molar-refractivity contribution in [2.75, 3.05) is 25.2 Å². The highest BCUT2D eigenvalue weighted by atomic mass is 32.2. The number of anilines is 1. The van der Waals surface area contributed by atoms with E-state index in [4.69, 9.17) is 15.3 Å². The molecule has 2 aliphatic heterocycles. The molecular formula is C22H25N6O7S3+. The van der Waals surface area contributed by atoms with Crippen LogP contribution in [0.5, 0.6) is 0 Å². The molecule has 2 aromatic heterocycles. The Labute approximate surface area is 229 Å². The highest BCUT2D eigenvalue weighted by Gasteiger charge is 2.55. The van der Waals surface area contributed by atoms with Gasteiger partial charge in [0.2, 0.25) is 5.51 Å². The minimum Gasteiger partial charge on any atom is -0.477 e. The zero-order valence-corrected chi connectivity index (χ0v) is 23.1. The van der Waals surface area contributed by atoms with Crippen LogP contribution in [-0.2, 0) is 41.7 Å². The van der Waals surface area contributed by atoms with Crippen LogP contribution in [0, 0.1) is 6.92 Å².